The molecule has 7 aromatic rings. The number of nitrogens with zero attached hydrogens (tertiary/aromatic N) is 1. The molecule has 0 aliphatic carbocycles. The molecule has 0 amide bonds. The molecule has 0 aliphatic heterocycles. The van der Waals surface area contributed by atoms with Gasteiger partial charge in [0.05, 0.1) is 44.3 Å². The SMILES string of the molecule is C=CC(=O)OCCCCOc1ccc(C(=O)Oc2ccc(C(=O)c3ccc(OCCCCOC(=O)C=C)cc3)cc2)cc1.C=CC(=O)Oc1ccc(C#Cc2ccc(OC(=O)C=C)cc2)cc1.C=CC(=O)Oc1ccc(C=Nc2ccc(OCCCC)cc2)cc1. The Morgan fingerprint density at radius 1 is 0.363 bits per heavy atom. The van der Waals surface area contributed by atoms with Gasteiger partial charge >= 0.3 is 35.8 Å². The van der Waals surface area contributed by atoms with E-state index in [9.17, 15) is 33.6 Å². The largest absolute Gasteiger partial charge is 0.494 e. The fourth-order valence-electron chi connectivity index (χ4n) is 7.21. The maximum atomic E-state index is 12.9. The van der Waals surface area contributed by atoms with Gasteiger partial charge < -0.3 is 42.6 Å². The highest BCUT2D eigenvalue weighted by Gasteiger charge is 2.13. The highest BCUT2D eigenvalue weighted by molar-refractivity contribution is 6.09. The quantitative estimate of drug-likeness (QED) is 0.00778. The molecule has 0 fully saturated rings. The van der Waals surface area contributed by atoms with Crippen LogP contribution in [0.15, 0.2) is 238 Å². The average molecular weight is 1230 g/mol. The van der Waals surface area contributed by atoms with E-state index in [-0.39, 0.29) is 5.78 Å². The summed E-state index contributed by atoms with van der Waals surface area (Å²) >= 11 is 0. The molecular formula is C74H69NO16. The fourth-order valence-corrected chi connectivity index (χ4v) is 7.21. The lowest BCUT2D eigenvalue weighted by Crippen LogP contribution is -2.09. The summed E-state index contributed by atoms with van der Waals surface area (Å²) in [6.45, 7) is 21.1. The Hall–Kier alpha value is -11.6. The number of carbonyl (C=O) groups excluding carboxylic acids is 7. The Labute approximate surface area is 529 Å². The van der Waals surface area contributed by atoms with Gasteiger partial charge in [-0.25, -0.2) is 28.8 Å². The van der Waals surface area contributed by atoms with E-state index in [1.165, 1.54) is 0 Å². The number of hydrogen-bond acceptors (Lipinski definition) is 17. The first-order valence-corrected chi connectivity index (χ1v) is 28.7. The van der Waals surface area contributed by atoms with E-state index in [4.69, 9.17) is 42.6 Å². The van der Waals surface area contributed by atoms with Gasteiger partial charge in [0.15, 0.2) is 5.78 Å². The van der Waals surface area contributed by atoms with Crippen LogP contribution in [0.25, 0.3) is 0 Å². The molecule has 0 heterocycles. The number of rotatable bonds is 30. The van der Waals surface area contributed by atoms with Gasteiger partial charge in [0.25, 0.3) is 0 Å². The number of ether oxygens (including phenoxy) is 9. The smallest absolute Gasteiger partial charge is 0.343 e. The van der Waals surface area contributed by atoms with Gasteiger partial charge in [-0.1, -0.05) is 58.1 Å². The lowest BCUT2D eigenvalue weighted by molar-refractivity contribution is -0.138. The molecule has 0 unspecified atom stereocenters. The molecule has 0 aliphatic rings. The molecule has 0 bridgehead atoms. The minimum Gasteiger partial charge on any atom is -0.494 e. The van der Waals surface area contributed by atoms with Gasteiger partial charge in [0.2, 0.25) is 0 Å². The van der Waals surface area contributed by atoms with E-state index < -0.39 is 35.8 Å². The molecule has 0 aromatic heterocycles. The van der Waals surface area contributed by atoms with E-state index >= 15 is 0 Å². The van der Waals surface area contributed by atoms with Gasteiger partial charge in [-0.05, 0) is 208 Å². The molecule has 0 N–H and O–H groups in total. The van der Waals surface area contributed by atoms with Crippen LogP contribution in [0.1, 0.15) is 88.4 Å². The van der Waals surface area contributed by atoms with Crippen molar-refractivity contribution in [2.24, 2.45) is 4.99 Å². The van der Waals surface area contributed by atoms with Crippen molar-refractivity contribution in [2.45, 2.75) is 45.4 Å². The van der Waals surface area contributed by atoms with Crippen LogP contribution < -0.4 is 33.2 Å². The normalized spacial score (nSPS) is 10.0. The molecule has 466 valence electrons. The van der Waals surface area contributed by atoms with Crippen LogP contribution in [0.2, 0.25) is 0 Å². The molecule has 17 nitrogen and oxygen atoms in total. The average Bonchev–Trinajstić information content (AvgIpc) is 2.79. The Morgan fingerprint density at radius 3 is 1.07 bits per heavy atom. The summed E-state index contributed by atoms with van der Waals surface area (Å²) in [5.74, 6) is 6.62. The molecular weight excluding hydrogens is 1160 g/mol. The zero-order chi connectivity index (χ0) is 65.4. The first-order chi connectivity index (χ1) is 44.2. The lowest BCUT2D eigenvalue weighted by atomic mass is 10.0. The second kappa shape index (κ2) is 39.9. The summed E-state index contributed by atoms with van der Waals surface area (Å²) in [4.78, 5) is 85.2. The summed E-state index contributed by atoms with van der Waals surface area (Å²) in [6.07, 6.45) is 12.3. The van der Waals surface area contributed by atoms with Gasteiger partial charge in [0.1, 0.15) is 40.2 Å². The van der Waals surface area contributed by atoms with Gasteiger partial charge in [-0.2, -0.15) is 0 Å². The first kappa shape index (κ1) is 70.1. The predicted octanol–water partition coefficient (Wildman–Crippen LogP) is 13.9. The van der Waals surface area contributed by atoms with Crippen LogP contribution in [0, 0.1) is 11.8 Å². The van der Waals surface area contributed by atoms with Gasteiger partial charge in [-0.3, -0.25) is 9.79 Å². The Balaban J connectivity index is 0.000000267. The van der Waals surface area contributed by atoms with Gasteiger partial charge in [-0.15, -0.1) is 0 Å². The number of aliphatic imine (C=N–C) groups is 1. The minimum atomic E-state index is -0.539. The Kier molecular flexibility index (Phi) is 30.8. The third kappa shape index (κ3) is 27.3. The second-order valence-electron chi connectivity index (χ2n) is 18.8. The highest BCUT2D eigenvalue weighted by atomic mass is 16.6. The van der Waals surface area contributed by atoms with Crippen LogP contribution >= 0.6 is 0 Å². The lowest BCUT2D eigenvalue weighted by Gasteiger charge is -2.09. The molecule has 0 spiro atoms. The monoisotopic (exact) mass is 1230 g/mol. The summed E-state index contributed by atoms with van der Waals surface area (Å²) in [6, 6.07) is 48.1. The second-order valence-corrected chi connectivity index (χ2v) is 18.8. The van der Waals surface area contributed by atoms with Gasteiger partial charge in [0, 0.05) is 58.8 Å². The maximum Gasteiger partial charge on any atom is 0.343 e. The summed E-state index contributed by atoms with van der Waals surface area (Å²) in [5.41, 5.74) is 4.60. The third-order valence-electron chi connectivity index (χ3n) is 12.0. The van der Waals surface area contributed by atoms with Crippen LogP contribution in [-0.2, 0) is 33.4 Å². The van der Waals surface area contributed by atoms with E-state index in [2.05, 4.69) is 56.7 Å². The minimum absolute atomic E-state index is 0.179. The summed E-state index contributed by atoms with van der Waals surface area (Å²) in [5, 5.41) is 0. The molecule has 7 rings (SSSR count). The van der Waals surface area contributed by atoms with Crippen molar-refractivity contribution in [1.82, 2.24) is 0 Å². The topological polar surface area (TPSA) is 215 Å². The zero-order valence-electron chi connectivity index (χ0n) is 50.4. The highest BCUT2D eigenvalue weighted by Crippen LogP contribution is 2.23. The fraction of sp³-hybridized carbons (Fsp3) is 0.162. The Morgan fingerprint density at radius 2 is 0.681 bits per heavy atom. The molecule has 91 heavy (non-hydrogen) atoms. The van der Waals surface area contributed by atoms with Crippen LogP contribution in [-0.4, -0.2) is 80.8 Å². The first-order valence-electron chi connectivity index (χ1n) is 28.7. The van der Waals surface area contributed by atoms with Crippen molar-refractivity contribution in [3.05, 3.63) is 267 Å². The number of unbranched alkanes of at least 4 members (excludes halogenated alkanes) is 3. The van der Waals surface area contributed by atoms with Crippen LogP contribution in [0.5, 0.6) is 40.2 Å². The molecule has 0 saturated heterocycles. The molecule has 0 atom stereocenters. The summed E-state index contributed by atoms with van der Waals surface area (Å²) in [7, 11) is 0. The van der Waals surface area contributed by atoms with E-state index in [0.717, 1.165) is 78.0 Å². The van der Waals surface area contributed by atoms with E-state index in [1.807, 2.05) is 36.4 Å². The van der Waals surface area contributed by atoms with Crippen LogP contribution in [0.3, 0.4) is 0 Å². The number of carbonyl (C=O) groups is 7. The van der Waals surface area contributed by atoms with Crippen molar-refractivity contribution in [3.63, 3.8) is 0 Å². The van der Waals surface area contributed by atoms with Crippen molar-refractivity contribution in [3.8, 4) is 52.1 Å². The standard InChI is InChI=1S/C34H34O9.C20H21NO3.C20H14O4/c1-3-31(35)41-23-7-5-21-39-28-15-9-25(10-16-28)33(37)26-11-19-30(20-12-26)43-34(38)27-13-17-29(18-14-27)40-22-6-8-24-42-32(36)4-2;1-3-5-14-23-18-12-8-17(9-13-18)21-15-16-6-10-19(11-7-16)24-20(22)4-2;1-3-19(21)23-17-11-7-15(8-12-17)5-6-16-9-13-18(14-10-16)24-20(22)4-2/h3-4,9-20H,1-2,5-8,21-24H2;4,6-13,15H,2-3,5,14H2,1H3;3-4,7-14H,1-2H2. The van der Waals surface area contributed by atoms with E-state index in [1.54, 1.807) is 140 Å². The molecule has 0 saturated carbocycles. The maximum absolute atomic E-state index is 12.9. The predicted molar refractivity (Wildman–Crippen MR) is 346 cm³/mol. The number of hydrogen-bond donors (Lipinski definition) is 0. The molecule has 7 aromatic carbocycles. The zero-order valence-corrected chi connectivity index (χ0v) is 50.4. The van der Waals surface area contributed by atoms with Crippen LogP contribution in [0.4, 0.5) is 5.69 Å². The summed E-state index contributed by atoms with van der Waals surface area (Å²) < 4.78 is 47.2. The number of benzene rings is 7. The molecule has 17 heteroatoms. The number of ketones is 1. The number of esters is 6. The van der Waals surface area contributed by atoms with E-state index in [0.29, 0.717) is 103 Å². The van der Waals surface area contributed by atoms with Crippen molar-refractivity contribution in [2.75, 3.05) is 33.0 Å². The Bertz CT molecular complexity index is 3570. The van der Waals surface area contributed by atoms with Crippen molar-refractivity contribution < 1.29 is 76.2 Å². The van der Waals surface area contributed by atoms with Crippen molar-refractivity contribution in [1.29, 1.82) is 0 Å². The van der Waals surface area contributed by atoms with Crippen molar-refractivity contribution >= 4 is 53.5 Å². The third-order valence-corrected chi connectivity index (χ3v) is 12.0. The molecule has 0 radical (unpaired) electrons.